The molecular formula is C21H24IN3O2. The van der Waals surface area contributed by atoms with Gasteiger partial charge in [-0.3, -0.25) is 14.6 Å². The zero-order valence-electron chi connectivity index (χ0n) is 15.3. The second-order valence-corrected chi connectivity index (χ2v) is 8.28. The maximum absolute atomic E-state index is 12.3. The molecule has 2 aliphatic rings. The number of benzene rings is 2. The molecule has 0 saturated carbocycles. The lowest BCUT2D eigenvalue weighted by Gasteiger charge is -2.34. The van der Waals surface area contributed by atoms with Gasteiger partial charge in [0.2, 0.25) is 5.91 Å². The molecule has 1 fully saturated rings. The normalized spacial score (nSPS) is 17.4. The summed E-state index contributed by atoms with van der Waals surface area (Å²) in [6, 6.07) is 14.4. The fraction of sp³-hybridized carbons (Fsp3) is 0.381. The van der Waals surface area contributed by atoms with Crippen LogP contribution in [0.1, 0.15) is 11.1 Å². The lowest BCUT2D eigenvalue weighted by Crippen LogP contribution is -2.48. The van der Waals surface area contributed by atoms with Gasteiger partial charge < -0.3 is 10.1 Å². The molecule has 0 spiro atoms. The molecule has 1 amide bonds. The summed E-state index contributed by atoms with van der Waals surface area (Å²) < 4.78 is 6.65. The summed E-state index contributed by atoms with van der Waals surface area (Å²) in [5, 5.41) is 3.02. The molecule has 0 atom stereocenters. The van der Waals surface area contributed by atoms with Crippen molar-refractivity contribution in [3.05, 3.63) is 57.2 Å². The van der Waals surface area contributed by atoms with E-state index in [0.717, 1.165) is 60.8 Å². The minimum absolute atomic E-state index is 0.0613. The zero-order valence-corrected chi connectivity index (χ0v) is 17.4. The van der Waals surface area contributed by atoms with Gasteiger partial charge in [-0.05, 0) is 51.9 Å². The molecule has 27 heavy (non-hydrogen) atoms. The number of hydrogen-bond acceptors (Lipinski definition) is 4. The largest absolute Gasteiger partial charge is 0.493 e. The van der Waals surface area contributed by atoms with Crippen LogP contribution in [0.5, 0.6) is 5.75 Å². The van der Waals surface area contributed by atoms with Crippen LogP contribution in [0, 0.1) is 3.57 Å². The Kier molecular flexibility index (Phi) is 5.95. The number of carbonyl (C=O) groups excluding carboxylic acids is 1. The predicted octanol–water partition coefficient (Wildman–Crippen LogP) is 2.98. The SMILES string of the molecule is O=C(CN1CCN(Cc2ccc3c(c2)CCO3)CC1)Nc1ccccc1I. The van der Waals surface area contributed by atoms with E-state index in [1.54, 1.807) is 0 Å². The molecule has 2 aromatic rings. The molecule has 1 N–H and O–H groups in total. The Morgan fingerprint density at radius 3 is 2.67 bits per heavy atom. The first-order valence-corrected chi connectivity index (χ1v) is 10.5. The Morgan fingerprint density at radius 2 is 1.85 bits per heavy atom. The van der Waals surface area contributed by atoms with E-state index < -0.39 is 0 Å². The van der Waals surface area contributed by atoms with E-state index in [2.05, 4.69) is 55.9 Å². The number of rotatable bonds is 5. The Hall–Kier alpha value is -1.64. The van der Waals surface area contributed by atoms with Crippen molar-refractivity contribution in [2.75, 3.05) is 44.6 Å². The second-order valence-electron chi connectivity index (χ2n) is 7.12. The monoisotopic (exact) mass is 477 g/mol. The van der Waals surface area contributed by atoms with Crippen molar-refractivity contribution in [1.29, 1.82) is 0 Å². The summed E-state index contributed by atoms with van der Waals surface area (Å²) in [5.74, 6) is 1.11. The first-order chi connectivity index (χ1) is 13.2. The number of hydrogen-bond donors (Lipinski definition) is 1. The molecular weight excluding hydrogens is 453 g/mol. The number of ether oxygens (including phenoxy) is 1. The number of anilines is 1. The van der Waals surface area contributed by atoms with Crippen LogP contribution in [-0.2, 0) is 17.8 Å². The van der Waals surface area contributed by atoms with Crippen molar-refractivity contribution < 1.29 is 9.53 Å². The van der Waals surface area contributed by atoms with E-state index in [1.807, 2.05) is 24.3 Å². The molecule has 1 saturated heterocycles. The third-order valence-electron chi connectivity index (χ3n) is 5.14. The Labute approximate surface area is 173 Å². The molecule has 0 radical (unpaired) electrons. The molecule has 4 rings (SSSR count). The summed E-state index contributed by atoms with van der Waals surface area (Å²) in [6.07, 6.45) is 1.02. The van der Waals surface area contributed by atoms with E-state index in [-0.39, 0.29) is 5.91 Å². The van der Waals surface area contributed by atoms with Crippen molar-refractivity contribution in [2.45, 2.75) is 13.0 Å². The first kappa shape index (κ1) is 18.7. The number of para-hydroxylation sites is 1. The molecule has 5 nitrogen and oxygen atoms in total. The van der Waals surface area contributed by atoms with Crippen molar-refractivity contribution in [1.82, 2.24) is 9.80 Å². The minimum atomic E-state index is 0.0613. The lowest BCUT2D eigenvalue weighted by molar-refractivity contribution is -0.117. The van der Waals surface area contributed by atoms with Crippen LogP contribution in [0.15, 0.2) is 42.5 Å². The van der Waals surface area contributed by atoms with Crippen molar-refractivity contribution in [2.24, 2.45) is 0 Å². The number of carbonyl (C=O) groups is 1. The average molecular weight is 477 g/mol. The van der Waals surface area contributed by atoms with Crippen LogP contribution in [0.4, 0.5) is 5.69 Å². The molecule has 0 bridgehead atoms. The number of nitrogens with one attached hydrogen (secondary N) is 1. The molecule has 142 valence electrons. The maximum atomic E-state index is 12.3. The first-order valence-electron chi connectivity index (χ1n) is 9.41. The fourth-order valence-corrected chi connectivity index (χ4v) is 4.18. The highest BCUT2D eigenvalue weighted by molar-refractivity contribution is 14.1. The zero-order chi connectivity index (χ0) is 18.6. The number of piperazine rings is 1. The van der Waals surface area contributed by atoms with Gasteiger partial charge in [0.1, 0.15) is 5.75 Å². The average Bonchev–Trinajstić information content (AvgIpc) is 3.13. The predicted molar refractivity (Wildman–Crippen MR) is 115 cm³/mol. The van der Waals surface area contributed by atoms with Gasteiger partial charge in [-0.1, -0.05) is 24.3 Å². The van der Waals surface area contributed by atoms with Gasteiger partial charge >= 0.3 is 0 Å². The van der Waals surface area contributed by atoms with Gasteiger partial charge in [-0.15, -0.1) is 0 Å². The molecule has 2 aliphatic heterocycles. The Morgan fingerprint density at radius 1 is 1.07 bits per heavy atom. The Balaban J connectivity index is 1.24. The second kappa shape index (κ2) is 8.58. The third-order valence-corrected chi connectivity index (χ3v) is 6.08. The topological polar surface area (TPSA) is 44.8 Å². The van der Waals surface area contributed by atoms with Crippen molar-refractivity contribution in [3.8, 4) is 5.75 Å². The highest BCUT2D eigenvalue weighted by atomic mass is 127. The highest BCUT2D eigenvalue weighted by Crippen LogP contribution is 2.26. The molecule has 2 aromatic carbocycles. The number of nitrogens with zero attached hydrogens (tertiary/aromatic N) is 2. The third kappa shape index (κ3) is 4.80. The number of fused-ring (bicyclic) bond motifs is 1. The summed E-state index contributed by atoms with van der Waals surface area (Å²) >= 11 is 2.25. The van der Waals surface area contributed by atoms with Crippen molar-refractivity contribution >= 4 is 34.2 Å². The minimum Gasteiger partial charge on any atom is -0.493 e. The van der Waals surface area contributed by atoms with Crippen LogP contribution in [0.25, 0.3) is 0 Å². The standard InChI is InChI=1S/C21H24IN3O2/c22-18-3-1-2-4-19(18)23-21(26)15-25-10-8-24(9-11-25)14-16-5-6-20-17(13-16)7-12-27-20/h1-6,13H,7-12,14-15H2,(H,23,26). The maximum Gasteiger partial charge on any atom is 0.238 e. The smallest absolute Gasteiger partial charge is 0.238 e. The van der Waals surface area contributed by atoms with Gasteiger partial charge in [-0.25, -0.2) is 0 Å². The summed E-state index contributed by atoms with van der Waals surface area (Å²) in [6.45, 7) is 6.06. The highest BCUT2D eigenvalue weighted by Gasteiger charge is 2.20. The van der Waals surface area contributed by atoms with E-state index in [4.69, 9.17) is 4.74 Å². The van der Waals surface area contributed by atoms with Gasteiger partial charge in [0.05, 0.1) is 18.8 Å². The van der Waals surface area contributed by atoms with E-state index in [1.165, 1.54) is 11.1 Å². The van der Waals surface area contributed by atoms with Crippen LogP contribution >= 0.6 is 22.6 Å². The van der Waals surface area contributed by atoms with Gasteiger partial charge in [0.15, 0.2) is 0 Å². The number of amides is 1. The Bertz CT molecular complexity index is 819. The van der Waals surface area contributed by atoms with Gasteiger partial charge in [0, 0.05) is 42.7 Å². The molecule has 6 heteroatoms. The van der Waals surface area contributed by atoms with Crippen molar-refractivity contribution in [3.63, 3.8) is 0 Å². The van der Waals surface area contributed by atoms with E-state index >= 15 is 0 Å². The fourth-order valence-electron chi connectivity index (χ4n) is 3.66. The molecule has 0 unspecified atom stereocenters. The van der Waals surface area contributed by atoms with Gasteiger partial charge in [0.25, 0.3) is 0 Å². The van der Waals surface area contributed by atoms with E-state index in [0.29, 0.717) is 6.54 Å². The quantitative estimate of drug-likeness (QED) is 0.673. The van der Waals surface area contributed by atoms with Gasteiger partial charge in [-0.2, -0.15) is 0 Å². The molecule has 2 heterocycles. The van der Waals surface area contributed by atoms with Crippen LogP contribution in [-0.4, -0.2) is 55.0 Å². The summed E-state index contributed by atoms with van der Waals surface area (Å²) in [4.78, 5) is 17.0. The summed E-state index contributed by atoms with van der Waals surface area (Å²) in [7, 11) is 0. The number of halogens is 1. The lowest BCUT2D eigenvalue weighted by atomic mass is 10.1. The van der Waals surface area contributed by atoms with Crippen LogP contribution < -0.4 is 10.1 Å². The van der Waals surface area contributed by atoms with Crippen LogP contribution in [0.3, 0.4) is 0 Å². The van der Waals surface area contributed by atoms with Crippen LogP contribution in [0.2, 0.25) is 0 Å². The van der Waals surface area contributed by atoms with E-state index in [9.17, 15) is 4.79 Å². The molecule has 0 aromatic heterocycles. The summed E-state index contributed by atoms with van der Waals surface area (Å²) in [5.41, 5.74) is 3.57. The molecule has 0 aliphatic carbocycles.